The summed E-state index contributed by atoms with van der Waals surface area (Å²) in [7, 11) is 0. The number of amides is 1. The molecule has 0 radical (unpaired) electrons. The Hall–Kier alpha value is -3.06. The van der Waals surface area contributed by atoms with E-state index in [0.717, 1.165) is 11.3 Å². The van der Waals surface area contributed by atoms with Gasteiger partial charge < -0.3 is 5.32 Å². The summed E-state index contributed by atoms with van der Waals surface area (Å²) >= 11 is 1.36. The fourth-order valence-electron chi connectivity index (χ4n) is 2.47. The Bertz CT molecular complexity index is 964. The second kappa shape index (κ2) is 7.45. The molecule has 1 amide bonds. The van der Waals surface area contributed by atoms with E-state index in [4.69, 9.17) is 0 Å². The molecule has 132 valence electrons. The van der Waals surface area contributed by atoms with Crippen molar-refractivity contribution < 1.29 is 9.72 Å². The molecule has 1 heterocycles. The van der Waals surface area contributed by atoms with E-state index < -0.39 is 4.92 Å². The van der Waals surface area contributed by atoms with Crippen LogP contribution in [0.3, 0.4) is 0 Å². The van der Waals surface area contributed by atoms with Crippen molar-refractivity contribution in [1.29, 1.82) is 0 Å². The van der Waals surface area contributed by atoms with Gasteiger partial charge >= 0.3 is 0 Å². The van der Waals surface area contributed by atoms with Gasteiger partial charge in [-0.05, 0) is 26.0 Å². The highest BCUT2D eigenvalue weighted by Gasteiger charge is 2.14. The maximum Gasteiger partial charge on any atom is 0.272 e. The third-order valence-electron chi connectivity index (χ3n) is 3.90. The molecule has 1 N–H and O–H groups in total. The molecule has 3 rings (SSSR count). The highest BCUT2D eigenvalue weighted by atomic mass is 32.1. The fourth-order valence-corrected chi connectivity index (χ4v) is 3.27. The van der Waals surface area contributed by atoms with Crippen molar-refractivity contribution in [2.24, 2.45) is 0 Å². The Morgan fingerprint density at radius 2 is 1.92 bits per heavy atom. The van der Waals surface area contributed by atoms with E-state index in [0.29, 0.717) is 21.8 Å². The smallest absolute Gasteiger partial charge is 0.272 e. The summed E-state index contributed by atoms with van der Waals surface area (Å²) in [5.41, 5.74) is 3.84. The Balaban J connectivity index is 1.71. The van der Waals surface area contributed by atoms with Crippen molar-refractivity contribution in [2.45, 2.75) is 20.3 Å². The van der Waals surface area contributed by atoms with Gasteiger partial charge in [-0.25, -0.2) is 4.98 Å². The Kier molecular flexibility index (Phi) is 5.09. The van der Waals surface area contributed by atoms with E-state index >= 15 is 0 Å². The average Bonchev–Trinajstić information content (AvgIpc) is 3.05. The number of nitro groups is 1. The molecule has 0 aliphatic heterocycles. The summed E-state index contributed by atoms with van der Waals surface area (Å²) in [6, 6.07) is 12.6. The molecule has 0 atom stereocenters. The summed E-state index contributed by atoms with van der Waals surface area (Å²) in [4.78, 5) is 27.3. The van der Waals surface area contributed by atoms with Gasteiger partial charge in [0.15, 0.2) is 0 Å². The third-order valence-corrected chi connectivity index (χ3v) is 4.75. The number of nitro benzene ring substituents is 1. The van der Waals surface area contributed by atoms with Gasteiger partial charge in [0.25, 0.3) is 5.69 Å². The minimum absolute atomic E-state index is 0.0640. The Morgan fingerprint density at radius 1 is 1.19 bits per heavy atom. The summed E-state index contributed by atoms with van der Waals surface area (Å²) in [5, 5.41) is 16.4. The van der Waals surface area contributed by atoms with Crippen molar-refractivity contribution in [1.82, 2.24) is 4.98 Å². The number of carbonyl (C=O) groups is 1. The molecule has 6 nitrogen and oxygen atoms in total. The Morgan fingerprint density at radius 3 is 2.62 bits per heavy atom. The van der Waals surface area contributed by atoms with E-state index in [2.05, 4.69) is 10.3 Å². The van der Waals surface area contributed by atoms with E-state index in [9.17, 15) is 14.9 Å². The summed E-state index contributed by atoms with van der Waals surface area (Å²) in [6.07, 6.45) is 0.159. The zero-order valence-corrected chi connectivity index (χ0v) is 15.2. The number of carbonyl (C=O) groups excluding carboxylic acids is 1. The quantitative estimate of drug-likeness (QED) is 0.531. The third kappa shape index (κ3) is 4.12. The number of benzene rings is 2. The van der Waals surface area contributed by atoms with Gasteiger partial charge in [-0.1, -0.05) is 29.8 Å². The van der Waals surface area contributed by atoms with Crippen molar-refractivity contribution in [2.75, 3.05) is 5.32 Å². The van der Waals surface area contributed by atoms with Gasteiger partial charge in [0, 0.05) is 28.3 Å². The molecule has 7 heteroatoms. The van der Waals surface area contributed by atoms with Gasteiger partial charge in [0.05, 0.1) is 17.0 Å². The van der Waals surface area contributed by atoms with Gasteiger partial charge in [0.1, 0.15) is 5.01 Å². The lowest BCUT2D eigenvalue weighted by molar-refractivity contribution is -0.385. The van der Waals surface area contributed by atoms with Crippen LogP contribution in [0.2, 0.25) is 0 Å². The maximum atomic E-state index is 12.2. The van der Waals surface area contributed by atoms with Crippen molar-refractivity contribution in [3.63, 3.8) is 0 Å². The van der Waals surface area contributed by atoms with E-state index in [-0.39, 0.29) is 18.0 Å². The molecule has 0 spiro atoms. The zero-order chi connectivity index (χ0) is 18.7. The second-order valence-electron chi connectivity index (χ2n) is 5.98. The van der Waals surface area contributed by atoms with Crippen molar-refractivity contribution in [3.8, 4) is 11.3 Å². The summed E-state index contributed by atoms with van der Waals surface area (Å²) in [6.45, 7) is 3.68. The van der Waals surface area contributed by atoms with Crippen molar-refractivity contribution in [3.05, 3.63) is 74.1 Å². The van der Waals surface area contributed by atoms with Crippen LogP contribution in [-0.4, -0.2) is 15.8 Å². The zero-order valence-electron chi connectivity index (χ0n) is 14.4. The van der Waals surface area contributed by atoms with E-state index in [1.54, 1.807) is 19.1 Å². The first-order valence-corrected chi connectivity index (χ1v) is 8.86. The highest BCUT2D eigenvalue weighted by Crippen LogP contribution is 2.28. The van der Waals surface area contributed by atoms with Crippen molar-refractivity contribution >= 4 is 28.6 Å². The number of hydrogen-bond acceptors (Lipinski definition) is 5. The topological polar surface area (TPSA) is 85.1 Å². The van der Waals surface area contributed by atoms with Crippen LogP contribution in [-0.2, 0) is 11.2 Å². The van der Waals surface area contributed by atoms with E-state index in [1.165, 1.54) is 17.4 Å². The number of anilines is 1. The predicted molar refractivity (Wildman–Crippen MR) is 102 cm³/mol. The monoisotopic (exact) mass is 367 g/mol. The van der Waals surface area contributed by atoms with Crippen LogP contribution in [0, 0.1) is 24.0 Å². The molecule has 1 aromatic heterocycles. The first-order valence-electron chi connectivity index (χ1n) is 7.99. The molecule has 0 aliphatic carbocycles. The largest absolute Gasteiger partial charge is 0.326 e. The van der Waals surface area contributed by atoms with E-state index in [1.807, 2.05) is 36.6 Å². The summed E-state index contributed by atoms with van der Waals surface area (Å²) in [5.74, 6) is -0.148. The van der Waals surface area contributed by atoms with Crippen LogP contribution in [0.4, 0.5) is 11.4 Å². The van der Waals surface area contributed by atoms with Gasteiger partial charge in [-0.3, -0.25) is 14.9 Å². The molecular weight excluding hydrogens is 350 g/mol. The van der Waals surface area contributed by atoms with Crippen LogP contribution >= 0.6 is 11.3 Å². The molecule has 26 heavy (non-hydrogen) atoms. The second-order valence-corrected chi connectivity index (χ2v) is 6.92. The number of rotatable bonds is 5. The highest BCUT2D eigenvalue weighted by molar-refractivity contribution is 7.10. The molecule has 0 fully saturated rings. The molecule has 2 aromatic carbocycles. The first kappa shape index (κ1) is 17.8. The Labute approximate surface area is 154 Å². The molecular formula is C19H17N3O3S. The molecule has 0 bridgehead atoms. The molecule has 0 unspecified atom stereocenters. The lowest BCUT2D eigenvalue weighted by Crippen LogP contribution is -2.14. The lowest BCUT2D eigenvalue weighted by atomic mass is 10.1. The average molecular weight is 367 g/mol. The molecule has 0 saturated carbocycles. The first-order chi connectivity index (χ1) is 12.4. The van der Waals surface area contributed by atoms with Crippen LogP contribution < -0.4 is 5.32 Å². The molecule has 0 saturated heterocycles. The van der Waals surface area contributed by atoms with Crippen LogP contribution in [0.5, 0.6) is 0 Å². The van der Waals surface area contributed by atoms with Crippen LogP contribution in [0.15, 0.2) is 47.8 Å². The number of nitrogens with zero attached hydrogens (tertiary/aromatic N) is 2. The fraction of sp³-hybridized carbons (Fsp3) is 0.158. The SMILES string of the molecule is Cc1ccc(NC(=O)Cc2nc(-c3ccc(C)c([N+](=O)[O-])c3)cs2)cc1. The summed E-state index contributed by atoms with van der Waals surface area (Å²) < 4.78 is 0. The standard InChI is InChI=1S/C19H17N3O3S/c1-12-3-7-15(8-4-12)20-18(23)10-19-21-16(11-26-19)14-6-5-13(2)17(9-14)22(24)25/h3-9,11H,10H2,1-2H3,(H,20,23). The molecule has 0 aliphatic rings. The number of nitrogens with one attached hydrogen (secondary N) is 1. The predicted octanol–water partition coefficient (Wildman–Crippen LogP) is 4.52. The normalized spacial score (nSPS) is 10.5. The number of hydrogen-bond donors (Lipinski definition) is 1. The van der Waals surface area contributed by atoms with Crippen LogP contribution in [0.1, 0.15) is 16.1 Å². The number of aryl methyl sites for hydroxylation is 2. The number of thiazole rings is 1. The number of aromatic nitrogens is 1. The lowest BCUT2D eigenvalue weighted by Gasteiger charge is -2.04. The minimum Gasteiger partial charge on any atom is -0.326 e. The van der Waals surface area contributed by atoms with Crippen LogP contribution in [0.25, 0.3) is 11.3 Å². The van der Waals surface area contributed by atoms with Gasteiger partial charge in [-0.2, -0.15) is 0 Å². The van der Waals surface area contributed by atoms with Gasteiger partial charge in [0.2, 0.25) is 5.91 Å². The minimum atomic E-state index is -0.402. The maximum absolute atomic E-state index is 12.2. The molecule has 3 aromatic rings. The van der Waals surface area contributed by atoms with Gasteiger partial charge in [-0.15, -0.1) is 11.3 Å².